The monoisotopic (exact) mass is 363 g/mol. The van der Waals surface area contributed by atoms with Crippen LogP contribution < -0.4 is 14.2 Å². The number of benzene rings is 1. The van der Waals surface area contributed by atoms with Crippen LogP contribution in [0.15, 0.2) is 36.7 Å². The number of hydrogen-bond acceptors (Lipinski definition) is 6. The van der Waals surface area contributed by atoms with Crippen molar-refractivity contribution in [3.05, 3.63) is 48.0 Å². The highest BCUT2D eigenvalue weighted by Gasteiger charge is 2.25. The predicted molar refractivity (Wildman–Crippen MR) is 93.1 cm³/mol. The van der Waals surface area contributed by atoms with Crippen LogP contribution >= 0.6 is 0 Å². The van der Waals surface area contributed by atoms with Crippen molar-refractivity contribution in [3.8, 4) is 11.5 Å². The summed E-state index contributed by atoms with van der Waals surface area (Å²) in [5.41, 5.74) is 1.67. The zero-order chi connectivity index (χ0) is 17.7. The van der Waals surface area contributed by atoms with Gasteiger partial charge in [-0.15, -0.1) is 0 Å². The van der Waals surface area contributed by atoms with E-state index in [4.69, 9.17) is 9.47 Å². The summed E-state index contributed by atoms with van der Waals surface area (Å²) < 4.78 is 37.2. The molecule has 1 aliphatic rings. The quantitative estimate of drug-likeness (QED) is 0.731. The lowest BCUT2D eigenvalue weighted by molar-refractivity contribution is 0.339. The molecule has 0 aliphatic heterocycles. The average molecular weight is 363 g/mol. The molecular formula is C17H21N3O4S. The van der Waals surface area contributed by atoms with Crippen molar-refractivity contribution in [2.24, 2.45) is 0 Å². The summed E-state index contributed by atoms with van der Waals surface area (Å²) >= 11 is 0. The third kappa shape index (κ3) is 5.40. The van der Waals surface area contributed by atoms with E-state index in [2.05, 4.69) is 14.7 Å². The molecule has 1 aliphatic carbocycles. The van der Waals surface area contributed by atoms with Gasteiger partial charge in [-0.3, -0.25) is 0 Å². The number of ether oxygens (including phenoxy) is 2. The molecule has 0 unspecified atom stereocenters. The maximum atomic E-state index is 12.1. The molecule has 0 radical (unpaired) electrons. The van der Waals surface area contributed by atoms with E-state index in [1.54, 1.807) is 31.4 Å². The van der Waals surface area contributed by atoms with Crippen LogP contribution in [0.5, 0.6) is 11.5 Å². The molecule has 1 N–H and O–H groups in total. The van der Waals surface area contributed by atoms with E-state index in [0.717, 1.165) is 24.3 Å². The Balaban J connectivity index is 1.45. The van der Waals surface area contributed by atoms with Crippen LogP contribution in [0.25, 0.3) is 0 Å². The first-order valence-corrected chi connectivity index (χ1v) is 9.76. The second-order valence-electron chi connectivity index (χ2n) is 5.87. The fraction of sp³-hybridized carbons (Fsp3) is 0.412. The Morgan fingerprint density at radius 2 is 1.88 bits per heavy atom. The van der Waals surface area contributed by atoms with Gasteiger partial charge in [-0.25, -0.2) is 23.1 Å². The molecule has 1 aromatic heterocycles. The van der Waals surface area contributed by atoms with Crippen molar-refractivity contribution in [2.45, 2.75) is 25.3 Å². The van der Waals surface area contributed by atoms with Crippen molar-refractivity contribution < 1.29 is 17.9 Å². The van der Waals surface area contributed by atoms with E-state index >= 15 is 0 Å². The summed E-state index contributed by atoms with van der Waals surface area (Å²) in [7, 11) is -1.86. The van der Waals surface area contributed by atoms with Crippen molar-refractivity contribution in [1.82, 2.24) is 14.7 Å². The summed E-state index contributed by atoms with van der Waals surface area (Å²) in [4.78, 5) is 8.34. The minimum Gasteiger partial charge on any atom is -0.497 e. The molecule has 2 aromatic rings. The predicted octanol–water partition coefficient (Wildman–Crippen LogP) is 1.86. The number of methoxy groups -OCH3 is 1. The van der Waals surface area contributed by atoms with Gasteiger partial charge in [0.25, 0.3) is 0 Å². The van der Waals surface area contributed by atoms with Gasteiger partial charge < -0.3 is 9.47 Å². The maximum absolute atomic E-state index is 12.1. The number of nitrogens with one attached hydrogen (secondary N) is 1. The Morgan fingerprint density at radius 3 is 2.56 bits per heavy atom. The van der Waals surface area contributed by atoms with Gasteiger partial charge in [0, 0.05) is 11.6 Å². The number of nitrogens with zero attached hydrogens (tertiary/aromatic N) is 2. The van der Waals surface area contributed by atoms with Gasteiger partial charge in [0.05, 0.1) is 25.1 Å². The van der Waals surface area contributed by atoms with E-state index in [-0.39, 0.29) is 18.9 Å². The van der Waals surface area contributed by atoms with Gasteiger partial charge >= 0.3 is 0 Å². The van der Waals surface area contributed by atoms with Crippen LogP contribution in [0.1, 0.15) is 30.1 Å². The summed E-state index contributed by atoms with van der Waals surface area (Å²) in [5, 5.41) is 0. The fourth-order valence-electron chi connectivity index (χ4n) is 2.31. The van der Waals surface area contributed by atoms with Crippen molar-refractivity contribution in [3.63, 3.8) is 0 Å². The Labute approximate surface area is 147 Å². The average Bonchev–Trinajstić information content (AvgIpc) is 3.46. The van der Waals surface area contributed by atoms with E-state index in [1.165, 1.54) is 6.33 Å². The number of hydrogen-bond donors (Lipinski definition) is 1. The molecule has 1 aromatic carbocycles. The normalized spacial score (nSPS) is 14.3. The Bertz CT molecular complexity index is 805. The van der Waals surface area contributed by atoms with Gasteiger partial charge in [0.2, 0.25) is 10.0 Å². The topological polar surface area (TPSA) is 90.4 Å². The Morgan fingerprint density at radius 1 is 1.16 bits per heavy atom. The Kier molecular flexibility index (Phi) is 5.50. The number of aromatic nitrogens is 2. The second-order valence-corrected chi connectivity index (χ2v) is 7.80. The minimum absolute atomic E-state index is 0.0682. The molecule has 0 amide bonds. The van der Waals surface area contributed by atoms with Crippen LogP contribution in [-0.2, 0) is 16.6 Å². The van der Waals surface area contributed by atoms with Gasteiger partial charge in [-0.1, -0.05) is 0 Å². The van der Waals surface area contributed by atoms with Crippen molar-refractivity contribution in [2.75, 3.05) is 19.5 Å². The largest absolute Gasteiger partial charge is 0.497 e. The third-order valence-electron chi connectivity index (χ3n) is 3.89. The molecular weight excluding hydrogens is 342 g/mol. The Hall–Kier alpha value is -2.19. The first-order chi connectivity index (χ1) is 12.1. The maximum Gasteiger partial charge on any atom is 0.215 e. The van der Waals surface area contributed by atoms with Gasteiger partial charge in [0.15, 0.2) is 0 Å². The SMILES string of the molecule is COc1ccc(OCCS(=O)(=O)NCc2cc(C3CC3)ncn2)cc1. The minimum atomic E-state index is -3.44. The smallest absolute Gasteiger partial charge is 0.215 e. The number of sulfonamides is 1. The highest BCUT2D eigenvalue weighted by molar-refractivity contribution is 7.89. The molecule has 0 saturated heterocycles. The van der Waals surface area contributed by atoms with Crippen LogP contribution in [-0.4, -0.2) is 37.9 Å². The van der Waals surface area contributed by atoms with E-state index in [0.29, 0.717) is 17.4 Å². The fourth-order valence-corrected chi connectivity index (χ4v) is 3.13. The van der Waals surface area contributed by atoms with Gasteiger partial charge in [0.1, 0.15) is 24.4 Å². The molecule has 134 valence electrons. The molecule has 1 saturated carbocycles. The summed E-state index contributed by atoms with van der Waals surface area (Å²) in [6.07, 6.45) is 3.78. The van der Waals surface area contributed by atoms with E-state index < -0.39 is 10.0 Å². The lowest BCUT2D eigenvalue weighted by Gasteiger charge is -2.09. The highest BCUT2D eigenvalue weighted by atomic mass is 32.2. The van der Waals surface area contributed by atoms with Crippen LogP contribution in [0.4, 0.5) is 0 Å². The first kappa shape index (κ1) is 17.6. The standard InChI is InChI=1S/C17H21N3O4S/c1-23-15-4-6-16(7-5-15)24-8-9-25(21,22)20-11-14-10-17(13-2-3-13)19-12-18-14/h4-7,10,12-13,20H,2-3,8-9,11H2,1H3. The molecule has 0 spiro atoms. The molecule has 8 heteroatoms. The van der Waals surface area contributed by atoms with E-state index in [9.17, 15) is 8.42 Å². The lowest BCUT2D eigenvalue weighted by Crippen LogP contribution is -2.29. The van der Waals surface area contributed by atoms with Gasteiger partial charge in [-0.05, 0) is 43.2 Å². The molecule has 0 bridgehead atoms. The van der Waals surface area contributed by atoms with Crippen molar-refractivity contribution >= 4 is 10.0 Å². The highest BCUT2D eigenvalue weighted by Crippen LogP contribution is 2.38. The molecule has 0 atom stereocenters. The first-order valence-electron chi connectivity index (χ1n) is 8.11. The van der Waals surface area contributed by atoms with Crippen LogP contribution in [0.2, 0.25) is 0 Å². The van der Waals surface area contributed by atoms with E-state index in [1.807, 2.05) is 6.07 Å². The molecule has 1 heterocycles. The summed E-state index contributed by atoms with van der Waals surface area (Å²) in [5.74, 6) is 1.70. The lowest BCUT2D eigenvalue weighted by atomic mass is 10.2. The summed E-state index contributed by atoms with van der Waals surface area (Å²) in [6.45, 7) is 0.228. The summed E-state index contributed by atoms with van der Waals surface area (Å²) in [6, 6.07) is 8.86. The van der Waals surface area contributed by atoms with Gasteiger partial charge in [-0.2, -0.15) is 0 Å². The third-order valence-corrected chi connectivity index (χ3v) is 5.18. The zero-order valence-corrected chi connectivity index (χ0v) is 14.8. The second kappa shape index (κ2) is 7.79. The molecule has 3 rings (SSSR count). The van der Waals surface area contributed by atoms with Crippen LogP contribution in [0, 0.1) is 0 Å². The molecule has 7 nitrogen and oxygen atoms in total. The number of rotatable bonds is 9. The molecule has 1 fully saturated rings. The van der Waals surface area contributed by atoms with Crippen molar-refractivity contribution in [1.29, 1.82) is 0 Å². The zero-order valence-electron chi connectivity index (χ0n) is 14.0. The van der Waals surface area contributed by atoms with Crippen LogP contribution in [0.3, 0.4) is 0 Å². The molecule has 25 heavy (non-hydrogen) atoms.